The van der Waals surface area contributed by atoms with Gasteiger partial charge in [0.2, 0.25) is 0 Å². The molecular formula is C13H23N3. The van der Waals surface area contributed by atoms with E-state index in [1.54, 1.807) is 0 Å². The zero-order valence-corrected chi connectivity index (χ0v) is 10.7. The number of likely N-dealkylation sites (N-methyl/N-ethyl adjacent to an activating group) is 1. The smallest absolute Gasteiger partial charge is 0.0143 e. The second kappa shape index (κ2) is 5.02. The Bertz CT molecular complexity index is 315. The summed E-state index contributed by atoms with van der Waals surface area (Å²) in [5.41, 5.74) is 2.83. The third-order valence-electron chi connectivity index (χ3n) is 3.62. The number of aromatic nitrogens is 1. The van der Waals surface area contributed by atoms with E-state index in [2.05, 4.69) is 47.6 Å². The Morgan fingerprint density at radius 3 is 2.38 bits per heavy atom. The molecule has 1 aromatic rings. The summed E-state index contributed by atoms with van der Waals surface area (Å²) in [6, 6.07) is 2.30. The molecule has 1 fully saturated rings. The van der Waals surface area contributed by atoms with Crippen molar-refractivity contribution >= 4 is 0 Å². The molecule has 0 bridgehead atoms. The first kappa shape index (κ1) is 11.7. The number of aryl methyl sites for hydroxylation is 2. The SMILES string of the molecule is Cc1cc(CCN2CCN(C)CC2)cn1C. The molecule has 2 heterocycles. The van der Waals surface area contributed by atoms with Gasteiger partial charge in [0.25, 0.3) is 0 Å². The molecule has 3 nitrogen and oxygen atoms in total. The number of nitrogens with zero attached hydrogens (tertiary/aromatic N) is 3. The third-order valence-corrected chi connectivity index (χ3v) is 3.62. The van der Waals surface area contributed by atoms with E-state index in [4.69, 9.17) is 0 Å². The predicted molar refractivity (Wildman–Crippen MR) is 67.8 cm³/mol. The van der Waals surface area contributed by atoms with Crippen molar-refractivity contribution in [2.75, 3.05) is 39.8 Å². The molecule has 0 unspecified atom stereocenters. The van der Waals surface area contributed by atoms with E-state index in [1.807, 2.05) is 0 Å². The number of hydrogen-bond donors (Lipinski definition) is 0. The van der Waals surface area contributed by atoms with Crippen molar-refractivity contribution in [3.8, 4) is 0 Å². The van der Waals surface area contributed by atoms with Gasteiger partial charge in [-0.25, -0.2) is 0 Å². The zero-order chi connectivity index (χ0) is 11.5. The van der Waals surface area contributed by atoms with Crippen LogP contribution in [0.5, 0.6) is 0 Å². The fourth-order valence-electron chi connectivity index (χ4n) is 2.25. The topological polar surface area (TPSA) is 11.4 Å². The molecule has 1 aliphatic heterocycles. The monoisotopic (exact) mass is 221 g/mol. The van der Waals surface area contributed by atoms with Crippen LogP contribution in [0.1, 0.15) is 11.3 Å². The summed E-state index contributed by atoms with van der Waals surface area (Å²) in [6.07, 6.45) is 3.44. The average Bonchev–Trinajstić information content (AvgIpc) is 2.58. The lowest BCUT2D eigenvalue weighted by atomic mass is 10.2. The molecular weight excluding hydrogens is 198 g/mol. The maximum Gasteiger partial charge on any atom is 0.0143 e. The number of piperazine rings is 1. The quantitative estimate of drug-likeness (QED) is 0.758. The van der Waals surface area contributed by atoms with E-state index in [1.165, 1.54) is 50.4 Å². The standard InChI is InChI=1S/C13H23N3/c1-12-10-13(11-15(12)3)4-5-16-8-6-14(2)7-9-16/h10-11H,4-9H2,1-3H3. The van der Waals surface area contributed by atoms with Crippen molar-refractivity contribution in [1.82, 2.24) is 14.4 Å². The van der Waals surface area contributed by atoms with Gasteiger partial charge in [-0.05, 0) is 32.0 Å². The van der Waals surface area contributed by atoms with Crippen LogP contribution in [-0.2, 0) is 13.5 Å². The fourth-order valence-corrected chi connectivity index (χ4v) is 2.25. The first-order chi connectivity index (χ1) is 7.65. The summed E-state index contributed by atoms with van der Waals surface area (Å²) in [5, 5.41) is 0. The normalized spacial score (nSPS) is 19.2. The minimum atomic E-state index is 1.19. The Balaban J connectivity index is 1.79. The largest absolute Gasteiger partial charge is 0.354 e. The maximum absolute atomic E-state index is 2.57. The molecule has 0 atom stereocenters. The van der Waals surface area contributed by atoms with Crippen molar-refractivity contribution < 1.29 is 0 Å². The highest BCUT2D eigenvalue weighted by Gasteiger charge is 2.13. The zero-order valence-electron chi connectivity index (χ0n) is 10.7. The number of rotatable bonds is 3. The molecule has 0 radical (unpaired) electrons. The average molecular weight is 221 g/mol. The van der Waals surface area contributed by atoms with Crippen LogP contribution in [0.25, 0.3) is 0 Å². The lowest BCUT2D eigenvalue weighted by Gasteiger charge is -2.32. The molecule has 0 aliphatic carbocycles. The number of hydrogen-bond acceptors (Lipinski definition) is 2. The van der Waals surface area contributed by atoms with Gasteiger partial charge >= 0.3 is 0 Å². The van der Waals surface area contributed by atoms with E-state index < -0.39 is 0 Å². The van der Waals surface area contributed by atoms with Gasteiger partial charge in [-0.2, -0.15) is 0 Å². The Morgan fingerprint density at radius 2 is 1.81 bits per heavy atom. The molecule has 0 saturated carbocycles. The Morgan fingerprint density at radius 1 is 1.12 bits per heavy atom. The van der Waals surface area contributed by atoms with E-state index in [9.17, 15) is 0 Å². The van der Waals surface area contributed by atoms with Gasteiger partial charge in [-0.3, -0.25) is 0 Å². The molecule has 1 aliphatic rings. The van der Waals surface area contributed by atoms with Crippen molar-refractivity contribution in [3.63, 3.8) is 0 Å². The Hall–Kier alpha value is -0.800. The van der Waals surface area contributed by atoms with Gasteiger partial charge in [-0.15, -0.1) is 0 Å². The third kappa shape index (κ3) is 2.86. The van der Waals surface area contributed by atoms with E-state index in [0.717, 1.165) is 0 Å². The van der Waals surface area contributed by atoms with Crippen molar-refractivity contribution in [1.29, 1.82) is 0 Å². The van der Waals surface area contributed by atoms with Gasteiger partial charge in [-0.1, -0.05) is 0 Å². The van der Waals surface area contributed by atoms with Crippen LogP contribution in [0.4, 0.5) is 0 Å². The van der Waals surface area contributed by atoms with Crippen LogP contribution in [0.3, 0.4) is 0 Å². The minimum Gasteiger partial charge on any atom is -0.354 e. The first-order valence-electron chi connectivity index (χ1n) is 6.18. The van der Waals surface area contributed by atoms with E-state index in [0.29, 0.717) is 0 Å². The summed E-state index contributed by atoms with van der Waals surface area (Å²) in [6.45, 7) is 8.25. The highest BCUT2D eigenvalue weighted by Crippen LogP contribution is 2.08. The first-order valence-corrected chi connectivity index (χ1v) is 6.18. The Kier molecular flexibility index (Phi) is 3.66. The summed E-state index contributed by atoms with van der Waals surface area (Å²) in [4.78, 5) is 4.98. The highest BCUT2D eigenvalue weighted by atomic mass is 15.2. The Labute approximate surface area is 98.6 Å². The minimum absolute atomic E-state index is 1.19. The van der Waals surface area contributed by atoms with Crippen molar-refractivity contribution in [2.45, 2.75) is 13.3 Å². The fraction of sp³-hybridized carbons (Fsp3) is 0.692. The van der Waals surface area contributed by atoms with Gasteiger partial charge in [0, 0.05) is 51.7 Å². The summed E-state index contributed by atoms with van der Waals surface area (Å²) < 4.78 is 2.21. The molecule has 2 rings (SSSR count). The van der Waals surface area contributed by atoms with Crippen LogP contribution in [-0.4, -0.2) is 54.1 Å². The molecule has 1 aromatic heterocycles. The highest BCUT2D eigenvalue weighted by molar-refractivity contribution is 5.17. The van der Waals surface area contributed by atoms with Gasteiger partial charge in [0.05, 0.1) is 0 Å². The molecule has 0 aromatic carbocycles. The second-order valence-electron chi connectivity index (χ2n) is 5.00. The molecule has 16 heavy (non-hydrogen) atoms. The summed E-state index contributed by atoms with van der Waals surface area (Å²) >= 11 is 0. The van der Waals surface area contributed by atoms with Gasteiger partial charge < -0.3 is 14.4 Å². The van der Waals surface area contributed by atoms with Crippen LogP contribution in [0.2, 0.25) is 0 Å². The lowest BCUT2D eigenvalue weighted by Crippen LogP contribution is -2.45. The van der Waals surface area contributed by atoms with Gasteiger partial charge in [0.15, 0.2) is 0 Å². The second-order valence-corrected chi connectivity index (χ2v) is 5.00. The maximum atomic E-state index is 2.57. The van der Waals surface area contributed by atoms with E-state index >= 15 is 0 Å². The molecule has 3 heteroatoms. The molecule has 0 amide bonds. The molecule has 0 spiro atoms. The summed E-state index contributed by atoms with van der Waals surface area (Å²) in [7, 11) is 4.33. The molecule has 0 N–H and O–H groups in total. The van der Waals surface area contributed by atoms with Crippen LogP contribution in [0.15, 0.2) is 12.3 Å². The predicted octanol–water partition coefficient (Wildman–Crippen LogP) is 1.12. The van der Waals surface area contributed by atoms with Crippen LogP contribution in [0, 0.1) is 6.92 Å². The van der Waals surface area contributed by atoms with Crippen LogP contribution < -0.4 is 0 Å². The molecule has 1 saturated heterocycles. The van der Waals surface area contributed by atoms with Crippen molar-refractivity contribution in [3.05, 3.63) is 23.5 Å². The van der Waals surface area contributed by atoms with Crippen molar-refractivity contribution in [2.24, 2.45) is 7.05 Å². The van der Waals surface area contributed by atoms with Gasteiger partial charge in [0.1, 0.15) is 0 Å². The summed E-state index contributed by atoms with van der Waals surface area (Å²) in [5.74, 6) is 0. The van der Waals surface area contributed by atoms with E-state index in [-0.39, 0.29) is 0 Å². The van der Waals surface area contributed by atoms with Crippen LogP contribution >= 0.6 is 0 Å². The lowest BCUT2D eigenvalue weighted by molar-refractivity contribution is 0.155. The molecule has 90 valence electrons.